The number of alkyl halides is 3. The molecule has 0 N–H and O–H groups in total. The van der Waals surface area contributed by atoms with Gasteiger partial charge in [-0.05, 0) is 43.9 Å². The van der Waals surface area contributed by atoms with E-state index in [1.807, 2.05) is 34.1 Å². The summed E-state index contributed by atoms with van der Waals surface area (Å²) >= 11 is 7.75. The molecule has 2 aliphatic heterocycles. The number of para-hydroxylation sites is 1. The van der Waals surface area contributed by atoms with E-state index in [1.54, 1.807) is 11.3 Å². The summed E-state index contributed by atoms with van der Waals surface area (Å²) in [5.74, 6) is 0.358. The van der Waals surface area contributed by atoms with Gasteiger partial charge in [-0.15, -0.1) is 11.3 Å². The van der Waals surface area contributed by atoms with Gasteiger partial charge in [0, 0.05) is 31.7 Å². The summed E-state index contributed by atoms with van der Waals surface area (Å²) in [6.07, 6.45) is -0.580. The van der Waals surface area contributed by atoms with E-state index in [4.69, 9.17) is 16.6 Å². The molecule has 2 fully saturated rings. The molecule has 0 unspecified atom stereocenters. The molecule has 10 heteroatoms. The first-order valence-electron chi connectivity index (χ1n) is 10.9. The molecule has 0 radical (unpaired) electrons. The number of piperidine rings is 1. The third-order valence-corrected chi connectivity index (χ3v) is 7.84. The standard InChI is InChI=1S/C23H22ClF3N4OS/c24-16-12-15(23(25,26)27)13-28-20(16)30-10-7-14(8-11-30)22(32)31-9-3-5-18(31)21-29-17-4-1-2-6-19(17)33-21/h1-2,4,6,12-14,18H,3,5,7-11H2/t18-/m0/s1. The second-order valence-corrected chi connectivity index (χ2v) is 9.97. The van der Waals surface area contributed by atoms with Gasteiger partial charge in [-0.25, -0.2) is 9.97 Å². The number of benzene rings is 1. The lowest BCUT2D eigenvalue weighted by Gasteiger charge is -2.35. The molecule has 1 amide bonds. The summed E-state index contributed by atoms with van der Waals surface area (Å²) in [5, 5.41) is 0.963. The molecule has 0 saturated carbocycles. The monoisotopic (exact) mass is 494 g/mol. The van der Waals surface area contributed by atoms with Crippen LogP contribution in [0.15, 0.2) is 36.5 Å². The minimum atomic E-state index is -4.48. The Balaban J connectivity index is 1.26. The number of carbonyl (C=O) groups is 1. The van der Waals surface area contributed by atoms with Crippen LogP contribution in [0.4, 0.5) is 19.0 Å². The number of thiazole rings is 1. The van der Waals surface area contributed by atoms with Crippen molar-refractivity contribution < 1.29 is 18.0 Å². The van der Waals surface area contributed by atoms with Crippen LogP contribution in [-0.2, 0) is 11.0 Å². The summed E-state index contributed by atoms with van der Waals surface area (Å²) in [6.45, 7) is 1.77. The zero-order valence-corrected chi connectivity index (χ0v) is 19.3. The van der Waals surface area contributed by atoms with Gasteiger partial charge in [0.05, 0.1) is 26.8 Å². The molecular formula is C23H22ClF3N4OS. The SMILES string of the molecule is O=C(C1CCN(c2ncc(C(F)(F)F)cc2Cl)CC1)N1CCC[C@H]1c1nc2ccccc2s1. The van der Waals surface area contributed by atoms with Crippen molar-refractivity contribution in [1.82, 2.24) is 14.9 Å². The van der Waals surface area contributed by atoms with Gasteiger partial charge < -0.3 is 9.80 Å². The van der Waals surface area contributed by atoms with Crippen LogP contribution in [0.5, 0.6) is 0 Å². The number of nitrogens with zero attached hydrogens (tertiary/aromatic N) is 4. The molecule has 4 heterocycles. The Morgan fingerprint density at radius 1 is 1.12 bits per heavy atom. The fourth-order valence-electron chi connectivity index (χ4n) is 4.71. The number of aromatic nitrogens is 2. The highest BCUT2D eigenvalue weighted by atomic mass is 35.5. The molecule has 1 atom stereocenters. The average molecular weight is 495 g/mol. The molecule has 174 valence electrons. The Morgan fingerprint density at radius 3 is 2.58 bits per heavy atom. The molecule has 1 aromatic carbocycles. The van der Waals surface area contributed by atoms with E-state index in [-0.39, 0.29) is 22.9 Å². The van der Waals surface area contributed by atoms with Crippen molar-refractivity contribution in [2.75, 3.05) is 24.5 Å². The second kappa shape index (κ2) is 8.76. The first kappa shape index (κ1) is 22.4. The fourth-order valence-corrected chi connectivity index (χ4v) is 6.11. The minimum absolute atomic E-state index is 0.0129. The van der Waals surface area contributed by atoms with Gasteiger partial charge >= 0.3 is 6.18 Å². The number of pyridine rings is 1. The van der Waals surface area contributed by atoms with E-state index in [0.717, 1.165) is 46.9 Å². The van der Waals surface area contributed by atoms with Crippen molar-refractivity contribution in [2.45, 2.75) is 37.9 Å². The van der Waals surface area contributed by atoms with Crippen molar-refractivity contribution in [3.05, 3.63) is 52.1 Å². The molecule has 2 aromatic heterocycles. The maximum atomic E-state index is 13.4. The van der Waals surface area contributed by atoms with Gasteiger partial charge in [-0.1, -0.05) is 23.7 Å². The lowest BCUT2D eigenvalue weighted by Crippen LogP contribution is -2.42. The summed E-state index contributed by atoms with van der Waals surface area (Å²) in [7, 11) is 0. The molecule has 0 spiro atoms. The van der Waals surface area contributed by atoms with E-state index >= 15 is 0 Å². The van der Waals surface area contributed by atoms with Gasteiger partial charge in [0.15, 0.2) is 0 Å². The molecule has 3 aromatic rings. The normalized spacial score (nSPS) is 20.1. The molecule has 2 saturated heterocycles. The molecule has 2 aliphatic rings. The maximum Gasteiger partial charge on any atom is 0.417 e. The summed E-state index contributed by atoms with van der Waals surface area (Å²) in [6, 6.07) is 8.93. The number of rotatable bonds is 3. The van der Waals surface area contributed by atoms with Gasteiger partial charge in [-0.3, -0.25) is 4.79 Å². The van der Waals surface area contributed by atoms with Crippen LogP contribution in [0, 0.1) is 5.92 Å². The Hall–Kier alpha value is -2.39. The smallest absolute Gasteiger partial charge is 0.355 e. The Bertz CT molecular complexity index is 1140. The Labute approximate surface area is 198 Å². The number of hydrogen-bond donors (Lipinski definition) is 0. The van der Waals surface area contributed by atoms with Crippen LogP contribution in [0.1, 0.15) is 42.3 Å². The van der Waals surface area contributed by atoms with E-state index in [9.17, 15) is 18.0 Å². The molecule has 0 bridgehead atoms. The van der Waals surface area contributed by atoms with Crippen molar-refractivity contribution >= 4 is 44.9 Å². The zero-order valence-electron chi connectivity index (χ0n) is 17.7. The largest absolute Gasteiger partial charge is 0.417 e. The fraction of sp³-hybridized carbons (Fsp3) is 0.435. The number of amides is 1. The zero-order chi connectivity index (χ0) is 23.2. The first-order chi connectivity index (χ1) is 15.8. The molecule has 33 heavy (non-hydrogen) atoms. The van der Waals surface area contributed by atoms with Crippen molar-refractivity contribution in [3.8, 4) is 0 Å². The molecule has 5 rings (SSSR count). The number of likely N-dealkylation sites (tertiary alicyclic amines) is 1. The van der Waals surface area contributed by atoms with E-state index in [0.29, 0.717) is 31.7 Å². The highest BCUT2D eigenvalue weighted by Gasteiger charge is 2.37. The van der Waals surface area contributed by atoms with Crippen molar-refractivity contribution in [1.29, 1.82) is 0 Å². The van der Waals surface area contributed by atoms with E-state index in [1.165, 1.54) is 0 Å². The average Bonchev–Trinajstić information content (AvgIpc) is 3.45. The highest BCUT2D eigenvalue weighted by molar-refractivity contribution is 7.18. The van der Waals surface area contributed by atoms with E-state index in [2.05, 4.69) is 4.98 Å². The third-order valence-electron chi connectivity index (χ3n) is 6.42. The van der Waals surface area contributed by atoms with E-state index < -0.39 is 11.7 Å². The predicted molar refractivity (Wildman–Crippen MR) is 122 cm³/mol. The highest BCUT2D eigenvalue weighted by Crippen LogP contribution is 2.39. The molecule has 0 aliphatic carbocycles. The second-order valence-electron chi connectivity index (χ2n) is 8.50. The van der Waals surface area contributed by atoms with Gasteiger partial charge in [0.2, 0.25) is 5.91 Å². The van der Waals surface area contributed by atoms with Crippen LogP contribution >= 0.6 is 22.9 Å². The van der Waals surface area contributed by atoms with Crippen LogP contribution in [0.2, 0.25) is 5.02 Å². The van der Waals surface area contributed by atoms with Crippen molar-refractivity contribution in [3.63, 3.8) is 0 Å². The van der Waals surface area contributed by atoms with Crippen LogP contribution in [0.25, 0.3) is 10.2 Å². The third kappa shape index (κ3) is 4.40. The number of carbonyl (C=O) groups excluding carboxylic acids is 1. The quantitative estimate of drug-likeness (QED) is 0.452. The van der Waals surface area contributed by atoms with Crippen LogP contribution in [-0.4, -0.2) is 40.4 Å². The molecular weight excluding hydrogens is 473 g/mol. The first-order valence-corrected chi connectivity index (χ1v) is 12.1. The summed E-state index contributed by atoms with van der Waals surface area (Å²) in [4.78, 5) is 25.9. The van der Waals surface area contributed by atoms with Crippen molar-refractivity contribution in [2.24, 2.45) is 5.92 Å². The number of anilines is 1. The maximum absolute atomic E-state index is 13.4. The molecule has 5 nitrogen and oxygen atoms in total. The number of hydrogen-bond acceptors (Lipinski definition) is 5. The minimum Gasteiger partial charge on any atom is -0.355 e. The summed E-state index contributed by atoms with van der Waals surface area (Å²) < 4.78 is 39.8. The predicted octanol–water partition coefficient (Wildman–Crippen LogP) is 5.94. The summed E-state index contributed by atoms with van der Waals surface area (Å²) in [5.41, 5.74) is 0.0993. The Kier molecular flexibility index (Phi) is 5.95. The Morgan fingerprint density at radius 2 is 1.88 bits per heavy atom. The lowest BCUT2D eigenvalue weighted by atomic mass is 9.95. The van der Waals surface area contributed by atoms with Gasteiger partial charge in [0.25, 0.3) is 0 Å². The lowest BCUT2D eigenvalue weighted by molar-refractivity contribution is -0.138. The number of halogens is 4. The number of fused-ring (bicyclic) bond motifs is 1. The van der Waals surface area contributed by atoms with Crippen LogP contribution in [0.3, 0.4) is 0 Å². The van der Waals surface area contributed by atoms with Gasteiger partial charge in [0.1, 0.15) is 10.8 Å². The topological polar surface area (TPSA) is 49.3 Å². The van der Waals surface area contributed by atoms with Gasteiger partial charge in [-0.2, -0.15) is 13.2 Å². The van der Waals surface area contributed by atoms with Crippen LogP contribution < -0.4 is 4.90 Å².